The second kappa shape index (κ2) is 11.8. The summed E-state index contributed by atoms with van der Waals surface area (Å²) in [6.07, 6.45) is 9.95. The van der Waals surface area contributed by atoms with Gasteiger partial charge in [-0.2, -0.15) is 0 Å². The van der Waals surface area contributed by atoms with Crippen molar-refractivity contribution in [2.45, 2.75) is 57.4 Å². The van der Waals surface area contributed by atoms with E-state index in [4.69, 9.17) is 4.74 Å². The molecule has 5 rings (SSSR count). The molecular weight excluding hydrogens is 494 g/mol. The Labute approximate surface area is 228 Å². The van der Waals surface area contributed by atoms with Crippen molar-refractivity contribution in [3.8, 4) is 0 Å². The van der Waals surface area contributed by atoms with Crippen molar-refractivity contribution in [1.82, 2.24) is 10.3 Å². The van der Waals surface area contributed by atoms with E-state index in [-0.39, 0.29) is 24.3 Å². The van der Waals surface area contributed by atoms with Gasteiger partial charge in [0.1, 0.15) is 0 Å². The number of ether oxygens (including phenoxy) is 1. The molecule has 2 aromatic carbocycles. The third kappa shape index (κ3) is 6.38. The number of hydrogen-bond donors (Lipinski definition) is 2. The average Bonchev–Trinajstić information content (AvgIpc) is 3.56. The Kier molecular flexibility index (Phi) is 8.10. The first-order chi connectivity index (χ1) is 18.9. The molecule has 2 saturated carbocycles. The SMILES string of the molecule is O=C(NCC/C=C/C1(C(=O)O)CC1)C(c1ccc(CN2N=C(c3ccccc3)OCC2=O)cc1)C1CCCC1. The molecule has 2 aromatic rings. The topological polar surface area (TPSA) is 108 Å². The normalized spacial score (nSPS) is 19.4. The van der Waals surface area contributed by atoms with Crippen LogP contribution in [0.5, 0.6) is 0 Å². The summed E-state index contributed by atoms with van der Waals surface area (Å²) in [5, 5.41) is 18.2. The number of rotatable bonds is 11. The van der Waals surface area contributed by atoms with Gasteiger partial charge in [0, 0.05) is 12.1 Å². The first kappa shape index (κ1) is 26.7. The zero-order chi connectivity index (χ0) is 27.2. The molecule has 1 unspecified atom stereocenters. The van der Waals surface area contributed by atoms with Crippen LogP contribution in [0.3, 0.4) is 0 Å². The molecule has 39 heavy (non-hydrogen) atoms. The van der Waals surface area contributed by atoms with E-state index in [1.165, 1.54) is 5.01 Å². The van der Waals surface area contributed by atoms with Crippen molar-refractivity contribution in [3.05, 3.63) is 83.4 Å². The molecule has 2 aliphatic carbocycles. The minimum absolute atomic E-state index is 0.0166. The Balaban J connectivity index is 1.22. The Morgan fingerprint density at radius 1 is 1.10 bits per heavy atom. The Hall–Kier alpha value is -3.94. The number of amides is 2. The van der Waals surface area contributed by atoms with Crippen LogP contribution in [0.15, 0.2) is 71.9 Å². The van der Waals surface area contributed by atoms with Gasteiger partial charge >= 0.3 is 5.97 Å². The number of hydrazone groups is 1. The molecule has 204 valence electrons. The quantitative estimate of drug-likeness (QED) is 0.327. The number of carboxylic acid groups (broad SMARTS) is 1. The number of nitrogens with zero attached hydrogens (tertiary/aromatic N) is 2. The standard InChI is InChI=1S/C31H35N3O5/c35-26-21-39-29(25-10-2-1-3-11-25)33-34(26)20-22-12-14-24(15-13-22)27(23-8-4-5-9-23)28(36)32-19-7-6-16-31(17-18-31)30(37)38/h1-3,6,10-16,23,27H,4-5,7-9,17-21H2,(H,32,36)(H,37,38)/b16-6+. The molecule has 2 N–H and O–H groups in total. The summed E-state index contributed by atoms with van der Waals surface area (Å²) in [7, 11) is 0. The number of carbonyl (C=O) groups is 3. The van der Waals surface area contributed by atoms with E-state index >= 15 is 0 Å². The van der Waals surface area contributed by atoms with E-state index in [9.17, 15) is 19.5 Å². The minimum atomic E-state index is -0.769. The van der Waals surface area contributed by atoms with Gasteiger partial charge < -0.3 is 15.2 Å². The number of aliphatic carboxylic acids is 1. The van der Waals surface area contributed by atoms with Crippen LogP contribution in [0.1, 0.15) is 67.6 Å². The molecule has 2 fully saturated rings. The summed E-state index contributed by atoms with van der Waals surface area (Å²) in [5.74, 6) is -0.460. The van der Waals surface area contributed by atoms with E-state index in [2.05, 4.69) is 10.4 Å². The molecule has 0 spiro atoms. The fourth-order valence-corrected chi connectivity index (χ4v) is 5.46. The molecule has 1 aliphatic heterocycles. The van der Waals surface area contributed by atoms with Crippen LogP contribution in [0.4, 0.5) is 0 Å². The lowest BCUT2D eigenvalue weighted by Gasteiger charge is -2.25. The Morgan fingerprint density at radius 3 is 2.49 bits per heavy atom. The molecule has 0 radical (unpaired) electrons. The lowest BCUT2D eigenvalue weighted by Crippen LogP contribution is -2.36. The van der Waals surface area contributed by atoms with Crippen molar-refractivity contribution in [1.29, 1.82) is 0 Å². The predicted molar refractivity (Wildman–Crippen MR) is 147 cm³/mol. The molecule has 1 heterocycles. The van der Waals surface area contributed by atoms with E-state index in [1.54, 1.807) is 6.08 Å². The average molecular weight is 530 g/mol. The maximum Gasteiger partial charge on any atom is 0.313 e. The van der Waals surface area contributed by atoms with Crippen LogP contribution in [0.25, 0.3) is 0 Å². The Bertz CT molecular complexity index is 1240. The summed E-state index contributed by atoms with van der Waals surface area (Å²) < 4.78 is 5.54. The fourth-order valence-electron chi connectivity index (χ4n) is 5.46. The van der Waals surface area contributed by atoms with Crippen molar-refractivity contribution >= 4 is 23.7 Å². The number of nitrogens with one attached hydrogen (secondary N) is 1. The summed E-state index contributed by atoms with van der Waals surface area (Å²) in [6.45, 7) is 0.749. The second-order valence-electron chi connectivity index (χ2n) is 10.7. The minimum Gasteiger partial charge on any atom is -0.481 e. The molecule has 3 aliphatic rings. The molecule has 1 atom stereocenters. The first-order valence-electron chi connectivity index (χ1n) is 13.8. The van der Waals surface area contributed by atoms with Crippen LogP contribution in [0.2, 0.25) is 0 Å². The lowest BCUT2D eigenvalue weighted by atomic mass is 9.83. The highest BCUT2D eigenvalue weighted by molar-refractivity contribution is 5.97. The molecular formula is C31H35N3O5. The van der Waals surface area contributed by atoms with Crippen molar-refractivity contribution < 1.29 is 24.2 Å². The summed E-state index contributed by atoms with van der Waals surface area (Å²) in [5.41, 5.74) is 2.04. The number of hydrogen-bond acceptors (Lipinski definition) is 5. The van der Waals surface area contributed by atoms with Gasteiger partial charge in [0.15, 0.2) is 6.61 Å². The van der Waals surface area contributed by atoms with Crippen LogP contribution in [0, 0.1) is 11.3 Å². The molecule has 0 bridgehead atoms. The fraction of sp³-hybridized carbons (Fsp3) is 0.419. The summed E-state index contributed by atoms with van der Waals surface area (Å²) in [6, 6.07) is 17.4. The predicted octanol–water partition coefficient (Wildman–Crippen LogP) is 4.61. The van der Waals surface area contributed by atoms with E-state index in [0.29, 0.717) is 44.2 Å². The molecule has 2 amide bonds. The number of carboxylic acids is 1. The lowest BCUT2D eigenvalue weighted by molar-refractivity contribution is -0.141. The Morgan fingerprint density at radius 2 is 1.82 bits per heavy atom. The maximum absolute atomic E-state index is 13.3. The third-order valence-corrected chi connectivity index (χ3v) is 7.94. The summed E-state index contributed by atoms with van der Waals surface area (Å²) >= 11 is 0. The van der Waals surface area contributed by atoms with Crippen molar-refractivity contribution in [2.75, 3.05) is 13.2 Å². The van der Waals surface area contributed by atoms with E-state index in [0.717, 1.165) is 42.4 Å². The zero-order valence-corrected chi connectivity index (χ0v) is 22.1. The largest absolute Gasteiger partial charge is 0.481 e. The van der Waals surface area contributed by atoms with Crippen LogP contribution in [-0.2, 0) is 25.7 Å². The smallest absolute Gasteiger partial charge is 0.313 e. The second-order valence-corrected chi connectivity index (χ2v) is 10.7. The van der Waals surface area contributed by atoms with Gasteiger partial charge in [0.05, 0.1) is 17.9 Å². The van der Waals surface area contributed by atoms with Crippen LogP contribution < -0.4 is 5.32 Å². The highest BCUT2D eigenvalue weighted by atomic mass is 16.5. The number of carbonyl (C=O) groups excluding carboxylic acids is 2. The highest BCUT2D eigenvalue weighted by Crippen LogP contribution is 2.47. The summed E-state index contributed by atoms with van der Waals surface area (Å²) in [4.78, 5) is 37.1. The van der Waals surface area contributed by atoms with Crippen molar-refractivity contribution in [2.24, 2.45) is 16.4 Å². The van der Waals surface area contributed by atoms with Gasteiger partial charge in [-0.05, 0) is 61.3 Å². The molecule has 0 saturated heterocycles. The molecule has 0 aromatic heterocycles. The maximum atomic E-state index is 13.3. The number of benzene rings is 2. The van der Waals surface area contributed by atoms with E-state index in [1.807, 2.05) is 60.7 Å². The van der Waals surface area contributed by atoms with E-state index < -0.39 is 11.4 Å². The highest BCUT2D eigenvalue weighted by Gasteiger charge is 2.47. The van der Waals surface area contributed by atoms with Gasteiger partial charge in [0.25, 0.3) is 5.91 Å². The first-order valence-corrected chi connectivity index (χ1v) is 13.8. The van der Waals surface area contributed by atoms with Gasteiger partial charge in [-0.25, -0.2) is 5.01 Å². The molecule has 8 nitrogen and oxygen atoms in total. The van der Waals surface area contributed by atoms with Gasteiger partial charge in [0.2, 0.25) is 11.8 Å². The van der Waals surface area contributed by atoms with Gasteiger partial charge in [-0.1, -0.05) is 67.5 Å². The van der Waals surface area contributed by atoms with Crippen LogP contribution in [-0.4, -0.2) is 46.9 Å². The monoisotopic (exact) mass is 529 g/mol. The van der Waals surface area contributed by atoms with Crippen molar-refractivity contribution in [3.63, 3.8) is 0 Å². The van der Waals surface area contributed by atoms with Crippen LogP contribution >= 0.6 is 0 Å². The third-order valence-electron chi connectivity index (χ3n) is 7.94. The van der Waals surface area contributed by atoms with Gasteiger partial charge in [-0.15, -0.1) is 5.10 Å². The zero-order valence-electron chi connectivity index (χ0n) is 22.1. The van der Waals surface area contributed by atoms with Gasteiger partial charge in [-0.3, -0.25) is 14.4 Å². The molecule has 8 heteroatoms.